The highest BCUT2D eigenvalue weighted by atomic mass is 32.1. The maximum Gasteiger partial charge on any atom is 0.490 e. The summed E-state index contributed by atoms with van der Waals surface area (Å²) in [5.41, 5.74) is 6.71. The number of nitrogens with one attached hydrogen (secondary N) is 2. The zero-order chi connectivity index (χ0) is 28.2. The predicted octanol–water partition coefficient (Wildman–Crippen LogP) is 4.38. The van der Waals surface area contributed by atoms with Crippen LogP contribution in [0, 0.1) is 5.41 Å². The fourth-order valence-electron chi connectivity index (χ4n) is 2.92. The standard InChI is InChI=1S/C23H31N3O3S.C2HF3O2/c1-23(2,3)15-17(26-22(28)20(24)14-19-6-5-13-30-19)9-12-21(27)25-16-7-10-18(29-4)11-8-16;3-2(4,5)1(6)7/h5-13,17,20H,14-15,24H2,1-4H3,(H,25,27)(H,26,28);(H,6,7)/t17-,20+;/m1./s1. The molecule has 0 spiro atoms. The van der Waals surface area contributed by atoms with Gasteiger partial charge in [0.05, 0.1) is 13.2 Å². The van der Waals surface area contributed by atoms with E-state index in [1.165, 1.54) is 6.08 Å². The number of ether oxygens (including phenoxy) is 1. The molecule has 0 bridgehead atoms. The van der Waals surface area contributed by atoms with Gasteiger partial charge in [-0.05, 0) is 47.5 Å². The fourth-order valence-corrected chi connectivity index (χ4v) is 3.68. The lowest BCUT2D eigenvalue weighted by atomic mass is 9.87. The minimum atomic E-state index is -5.08. The molecule has 1 aromatic carbocycles. The van der Waals surface area contributed by atoms with E-state index in [2.05, 4.69) is 31.4 Å². The molecule has 37 heavy (non-hydrogen) atoms. The third-order valence-corrected chi connectivity index (χ3v) is 5.48. The molecule has 8 nitrogen and oxygen atoms in total. The Labute approximate surface area is 217 Å². The molecule has 2 rings (SSSR count). The van der Waals surface area contributed by atoms with Crippen molar-refractivity contribution in [2.24, 2.45) is 11.1 Å². The highest BCUT2D eigenvalue weighted by molar-refractivity contribution is 7.09. The van der Waals surface area contributed by atoms with Crippen LogP contribution in [0.25, 0.3) is 0 Å². The van der Waals surface area contributed by atoms with Crippen molar-refractivity contribution in [1.82, 2.24) is 5.32 Å². The molecular formula is C25H32F3N3O5S. The number of carbonyl (C=O) groups is 3. The second kappa shape index (κ2) is 14.4. The molecule has 1 aromatic heterocycles. The quantitative estimate of drug-likeness (QED) is 0.348. The molecule has 0 saturated heterocycles. The zero-order valence-electron chi connectivity index (χ0n) is 21.0. The summed E-state index contributed by atoms with van der Waals surface area (Å²) < 4.78 is 36.8. The Morgan fingerprint density at radius 1 is 1.14 bits per heavy atom. The number of carboxylic acids is 1. The number of amides is 2. The van der Waals surface area contributed by atoms with E-state index in [0.29, 0.717) is 18.5 Å². The predicted molar refractivity (Wildman–Crippen MR) is 136 cm³/mol. The van der Waals surface area contributed by atoms with Crippen LogP contribution in [0.15, 0.2) is 53.9 Å². The van der Waals surface area contributed by atoms with Crippen LogP contribution in [-0.4, -0.2) is 48.3 Å². The van der Waals surface area contributed by atoms with Crippen LogP contribution in [0.4, 0.5) is 18.9 Å². The SMILES string of the molecule is COc1ccc(NC(=O)C=C[C@H](CC(C)(C)C)NC(=O)[C@@H](N)Cc2cccs2)cc1.O=C(O)C(F)(F)F. The van der Waals surface area contributed by atoms with E-state index in [1.807, 2.05) is 17.5 Å². The van der Waals surface area contributed by atoms with Crippen molar-refractivity contribution in [3.05, 3.63) is 58.8 Å². The second-order valence-electron chi connectivity index (χ2n) is 9.15. The minimum absolute atomic E-state index is 0.0351. The Balaban J connectivity index is 0.000000856. The van der Waals surface area contributed by atoms with Gasteiger partial charge in [0, 0.05) is 29.1 Å². The lowest BCUT2D eigenvalue weighted by molar-refractivity contribution is -0.192. The van der Waals surface area contributed by atoms with E-state index in [1.54, 1.807) is 48.8 Å². The molecule has 0 aliphatic heterocycles. The molecule has 2 atom stereocenters. The summed E-state index contributed by atoms with van der Waals surface area (Å²) in [6.07, 6.45) is -0.740. The Bertz CT molecular complexity index is 1030. The third-order valence-electron chi connectivity index (χ3n) is 4.58. The number of hydrogen-bond acceptors (Lipinski definition) is 6. The first-order valence-corrected chi connectivity index (χ1v) is 12.0. The number of hydrogen-bond donors (Lipinski definition) is 4. The van der Waals surface area contributed by atoms with Crippen molar-refractivity contribution in [2.75, 3.05) is 12.4 Å². The van der Waals surface area contributed by atoms with Crippen LogP contribution < -0.4 is 21.1 Å². The largest absolute Gasteiger partial charge is 0.497 e. The third kappa shape index (κ3) is 13.5. The summed E-state index contributed by atoms with van der Waals surface area (Å²) in [7, 11) is 1.59. The molecule has 0 fully saturated rings. The number of benzene rings is 1. The number of halogens is 3. The van der Waals surface area contributed by atoms with Gasteiger partial charge in [0.2, 0.25) is 11.8 Å². The molecule has 204 valence electrons. The van der Waals surface area contributed by atoms with Crippen molar-refractivity contribution in [3.63, 3.8) is 0 Å². The Morgan fingerprint density at radius 2 is 1.73 bits per heavy atom. The number of methoxy groups -OCH3 is 1. The van der Waals surface area contributed by atoms with Crippen molar-refractivity contribution in [1.29, 1.82) is 0 Å². The van der Waals surface area contributed by atoms with Gasteiger partial charge in [0.25, 0.3) is 0 Å². The monoisotopic (exact) mass is 543 g/mol. The highest BCUT2D eigenvalue weighted by Gasteiger charge is 2.38. The van der Waals surface area contributed by atoms with E-state index in [0.717, 1.165) is 10.6 Å². The van der Waals surface area contributed by atoms with E-state index in [4.69, 9.17) is 20.4 Å². The Hall–Kier alpha value is -3.38. The molecule has 5 N–H and O–H groups in total. The van der Waals surface area contributed by atoms with Crippen molar-refractivity contribution < 1.29 is 37.4 Å². The number of anilines is 1. The molecule has 12 heteroatoms. The van der Waals surface area contributed by atoms with Crippen LogP contribution in [0.5, 0.6) is 5.75 Å². The fraction of sp³-hybridized carbons (Fsp3) is 0.400. The number of carboxylic acid groups (broad SMARTS) is 1. The molecule has 0 aliphatic carbocycles. The summed E-state index contributed by atoms with van der Waals surface area (Å²) in [5, 5.41) is 14.9. The number of alkyl halides is 3. The first-order chi connectivity index (χ1) is 17.1. The van der Waals surface area contributed by atoms with Gasteiger partial charge in [-0.1, -0.05) is 32.9 Å². The molecule has 0 radical (unpaired) electrons. The van der Waals surface area contributed by atoms with Gasteiger partial charge in [-0.15, -0.1) is 11.3 Å². The average Bonchev–Trinajstić information content (AvgIpc) is 3.29. The molecule has 2 amide bonds. The summed E-state index contributed by atoms with van der Waals surface area (Å²) in [6, 6.07) is 10.1. The maximum atomic E-state index is 12.6. The summed E-state index contributed by atoms with van der Waals surface area (Å²) in [5.74, 6) is -2.53. The smallest absolute Gasteiger partial charge is 0.490 e. The topological polar surface area (TPSA) is 131 Å². The number of aliphatic carboxylic acids is 1. The number of carbonyl (C=O) groups excluding carboxylic acids is 2. The van der Waals surface area contributed by atoms with Crippen molar-refractivity contribution in [3.8, 4) is 5.75 Å². The van der Waals surface area contributed by atoms with Gasteiger partial charge in [0.1, 0.15) is 5.75 Å². The normalized spacial score (nSPS) is 13.2. The Kier molecular flexibility index (Phi) is 12.3. The van der Waals surface area contributed by atoms with Crippen LogP contribution in [0.3, 0.4) is 0 Å². The lowest BCUT2D eigenvalue weighted by Crippen LogP contribution is -2.46. The summed E-state index contributed by atoms with van der Waals surface area (Å²) in [4.78, 5) is 34.9. The van der Waals surface area contributed by atoms with E-state index >= 15 is 0 Å². The maximum absolute atomic E-state index is 12.6. The van der Waals surface area contributed by atoms with E-state index < -0.39 is 18.2 Å². The lowest BCUT2D eigenvalue weighted by Gasteiger charge is -2.25. The van der Waals surface area contributed by atoms with Crippen LogP contribution >= 0.6 is 11.3 Å². The number of thiophene rings is 1. The molecule has 2 aromatic rings. The molecule has 0 aliphatic rings. The summed E-state index contributed by atoms with van der Waals surface area (Å²) in [6.45, 7) is 6.26. The van der Waals surface area contributed by atoms with Crippen molar-refractivity contribution in [2.45, 2.75) is 51.9 Å². The van der Waals surface area contributed by atoms with Gasteiger partial charge >= 0.3 is 12.1 Å². The van der Waals surface area contributed by atoms with E-state index in [-0.39, 0.29) is 23.3 Å². The van der Waals surface area contributed by atoms with Crippen LogP contribution in [0.2, 0.25) is 0 Å². The molecule has 0 saturated carbocycles. The molecular weight excluding hydrogens is 511 g/mol. The van der Waals surface area contributed by atoms with Gasteiger partial charge in [-0.3, -0.25) is 9.59 Å². The summed E-state index contributed by atoms with van der Waals surface area (Å²) >= 11 is 1.58. The van der Waals surface area contributed by atoms with Gasteiger partial charge in [-0.2, -0.15) is 13.2 Å². The Morgan fingerprint density at radius 3 is 2.19 bits per heavy atom. The second-order valence-corrected chi connectivity index (χ2v) is 10.2. The van der Waals surface area contributed by atoms with Crippen LogP contribution in [0.1, 0.15) is 32.1 Å². The minimum Gasteiger partial charge on any atom is -0.497 e. The highest BCUT2D eigenvalue weighted by Crippen LogP contribution is 2.22. The zero-order valence-corrected chi connectivity index (χ0v) is 21.8. The molecule has 0 unspecified atom stereocenters. The first-order valence-electron chi connectivity index (χ1n) is 11.1. The van der Waals surface area contributed by atoms with Gasteiger partial charge in [0.15, 0.2) is 0 Å². The number of nitrogens with two attached hydrogens (primary N) is 1. The average molecular weight is 544 g/mol. The van der Waals surface area contributed by atoms with Gasteiger partial charge in [-0.25, -0.2) is 4.79 Å². The molecule has 1 heterocycles. The number of rotatable bonds is 9. The van der Waals surface area contributed by atoms with E-state index in [9.17, 15) is 22.8 Å². The van der Waals surface area contributed by atoms with Crippen molar-refractivity contribution >= 4 is 34.8 Å². The van der Waals surface area contributed by atoms with Gasteiger partial charge < -0.3 is 26.2 Å². The van der Waals surface area contributed by atoms with Crippen LogP contribution in [-0.2, 0) is 20.8 Å². The first kappa shape index (κ1) is 31.6.